The maximum Gasteiger partial charge on any atom is 0.192 e. The number of hydrogen-bond acceptors (Lipinski definition) is 5. The number of rotatable bonds is 8. The van der Waals surface area contributed by atoms with Crippen LogP contribution in [0.2, 0.25) is 0 Å². The molecule has 3 heterocycles. The van der Waals surface area contributed by atoms with Crippen molar-refractivity contribution in [2.75, 3.05) is 13.2 Å². The highest BCUT2D eigenvalue weighted by Crippen LogP contribution is 2.43. The smallest absolute Gasteiger partial charge is 0.192 e. The average Bonchev–Trinajstić information content (AvgIpc) is 3.41. The van der Waals surface area contributed by atoms with Gasteiger partial charge in [0.15, 0.2) is 11.5 Å². The number of nitrogens with zero attached hydrogens (tertiary/aromatic N) is 2. The van der Waals surface area contributed by atoms with Crippen LogP contribution in [0.25, 0.3) is 22.4 Å². The van der Waals surface area contributed by atoms with Crippen molar-refractivity contribution in [2.45, 2.75) is 58.9 Å². The van der Waals surface area contributed by atoms with Crippen LogP contribution in [0, 0.1) is 25.5 Å². The number of aryl methyl sites for hydroxylation is 2. The second kappa shape index (κ2) is 9.97. The Morgan fingerprint density at radius 3 is 2.72 bits per heavy atom. The average molecular weight is 492 g/mol. The molecule has 4 aromatic rings. The van der Waals surface area contributed by atoms with Gasteiger partial charge < -0.3 is 14.5 Å². The molecular weight excluding hydrogens is 460 g/mol. The minimum atomic E-state index is -0.628. The lowest BCUT2D eigenvalue weighted by atomic mass is 9.93. The van der Waals surface area contributed by atoms with Crippen LogP contribution in [0.4, 0.5) is 8.78 Å². The third kappa shape index (κ3) is 4.72. The molecule has 0 fully saturated rings. The number of oxazole rings is 1. The van der Waals surface area contributed by atoms with Crippen molar-refractivity contribution in [1.29, 1.82) is 0 Å². The minimum Gasteiger partial charge on any atom is -0.490 e. The summed E-state index contributed by atoms with van der Waals surface area (Å²) in [6, 6.07) is 10.6. The van der Waals surface area contributed by atoms with E-state index in [4.69, 9.17) is 14.1 Å². The number of nitrogens with one attached hydrogen (secondary N) is 1. The molecule has 0 radical (unpaired) electrons. The van der Waals surface area contributed by atoms with Gasteiger partial charge in [-0.05, 0) is 48.7 Å². The lowest BCUT2D eigenvalue weighted by Crippen LogP contribution is -2.22. The van der Waals surface area contributed by atoms with Crippen LogP contribution >= 0.6 is 0 Å². The van der Waals surface area contributed by atoms with Crippen molar-refractivity contribution in [3.8, 4) is 17.0 Å². The highest BCUT2D eigenvalue weighted by Gasteiger charge is 2.29. The molecule has 188 valence electrons. The number of fused-ring (bicyclic) bond motifs is 2. The van der Waals surface area contributed by atoms with Crippen LogP contribution in [0.1, 0.15) is 66.8 Å². The fraction of sp³-hybridized carbons (Fsp3) is 0.379. The lowest BCUT2D eigenvalue weighted by Gasteiger charge is -2.20. The number of pyridine rings is 1. The third-order valence-electron chi connectivity index (χ3n) is 6.87. The maximum atomic E-state index is 14.9. The number of halogens is 2. The first-order valence-electron chi connectivity index (χ1n) is 12.5. The number of hydrogen-bond donors (Lipinski definition) is 1. The molecule has 5 rings (SSSR count). The molecule has 0 bridgehead atoms. The van der Waals surface area contributed by atoms with Gasteiger partial charge >= 0.3 is 0 Å². The summed E-state index contributed by atoms with van der Waals surface area (Å²) < 4.78 is 40.5. The SMILES string of the molecule is CCCC(CNCc1ccc2nc(C)oc2c1)c1cc2c(c(-c3cc(C)c(F)cc3F)n1)OCC2C. The Hall–Kier alpha value is -3.32. The number of ether oxygens (including phenoxy) is 1. The summed E-state index contributed by atoms with van der Waals surface area (Å²) >= 11 is 0. The van der Waals surface area contributed by atoms with E-state index in [1.165, 1.54) is 6.07 Å². The maximum absolute atomic E-state index is 14.9. The van der Waals surface area contributed by atoms with Crippen molar-refractivity contribution in [1.82, 2.24) is 15.3 Å². The van der Waals surface area contributed by atoms with Gasteiger partial charge in [-0.3, -0.25) is 0 Å². The second-order valence-electron chi connectivity index (χ2n) is 9.76. The van der Waals surface area contributed by atoms with Crippen molar-refractivity contribution < 1.29 is 17.9 Å². The van der Waals surface area contributed by atoms with Gasteiger partial charge in [-0.25, -0.2) is 18.7 Å². The molecule has 0 aliphatic carbocycles. The predicted octanol–water partition coefficient (Wildman–Crippen LogP) is 6.95. The topological polar surface area (TPSA) is 60.2 Å². The van der Waals surface area contributed by atoms with Crippen LogP contribution < -0.4 is 10.1 Å². The molecule has 0 saturated heterocycles. The summed E-state index contributed by atoms with van der Waals surface area (Å²) in [7, 11) is 0. The Morgan fingerprint density at radius 1 is 1.08 bits per heavy atom. The number of benzene rings is 2. The highest BCUT2D eigenvalue weighted by atomic mass is 19.1. The van der Waals surface area contributed by atoms with Crippen LogP contribution in [-0.4, -0.2) is 23.1 Å². The summed E-state index contributed by atoms with van der Waals surface area (Å²) in [5.74, 6) is 0.379. The first-order valence-corrected chi connectivity index (χ1v) is 12.5. The third-order valence-corrected chi connectivity index (χ3v) is 6.87. The molecule has 36 heavy (non-hydrogen) atoms. The quantitative estimate of drug-likeness (QED) is 0.289. The molecular formula is C29H31F2N3O2. The van der Waals surface area contributed by atoms with Crippen LogP contribution in [-0.2, 0) is 6.54 Å². The Balaban J connectivity index is 1.43. The van der Waals surface area contributed by atoms with Crippen molar-refractivity contribution >= 4 is 11.1 Å². The fourth-order valence-electron chi connectivity index (χ4n) is 4.91. The summed E-state index contributed by atoms with van der Waals surface area (Å²) in [4.78, 5) is 9.28. The fourth-order valence-corrected chi connectivity index (χ4v) is 4.91. The Bertz CT molecular complexity index is 1420. The molecule has 2 unspecified atom stereocenters. The van der Waals surface area contributed by atoms with Gasteiger partial charge in [-0.1, -0.05) is 26.3 Å². The number of aromatic nitrogens is 2. The van der Waals surface area contributed by atoms with Crippen LogP contribution in [0.5, 0.6) is 5.75 Å². The van der Waals surface area contributed by atoms with Gasteiger partial charge in [-0.15, -0.1) is 0 Å². The predicted molar refractivity (Wildman–Crippen MR) is 136 cm³/mol. The highest BCUT2D eigenvalue weighted by molar-refractivity contribution is 5.73. The van der Waals surface area contributed by atoms with Gasteiger partial charge in [0.05, 0.1) is 6.61 Å². The lowest BCUT2D eigenvalue weighted by molar-refractivity contribution is 0.337. The van der Waals surface area contributed by atoms with Gasteiger partial charge in [0.2, 0.25) is 0 Å². The normalized spacial score (nSPS) is 15.8. The summed E-state index contributed by atoms with van der Waals surface area (Å²) in [6.45, 7) is 9.64. The zero-order valence-electron chi connectivity index (χ0n) is 21.1. The molecule has 1 aliphatic rings. The molecule has 5 nitrogen and oxygen atoms in total. The van der Waals surface area contributed by atoms with Gasteiger partial charge in [0.25, 0.3) is 0 Å². The molecule has 1 aliphatic heterocycles. The second-order valence-corrected chi connectivity index (χ2v) is 9.76. The van der Waals surface area contributed by atoms with Crippen molar-refractivity contribution in [2.24, 2.45) is 0 Å². The molecule has 7 heteroatoms. The Morgan fingerprint density at radius 2 is 1.92 bits per heavy atom. The summed E-state index contributed by atoms with van der Waals surface area (Å²) in [5, 5.41) is 3.57. The summed E-state index contributed by atoms with van der Waals surface area (Å²) in [6.07, 6.45) is 1.92. The van der Waals surface area contributed by atoms with Crippen molar-refractivity contribution in [3.63, 3.8) is 0 Å². The van der Waals surface area contributed by atoms with Crippen LogP contribution in [0.3, 0.4) is 0 Å². The molecule has 0 spiro atoms. The zero-order valence-corrected chi connectivity index (χ0v) is 21.1. The van der Waals surface area contributed by atoms with E-state index in [0.717, 1.165) is 46.8 Å². The van der Waals surface area contributed by atoms with E-state index in [1.54, 1.807) is 6.92 Å². The molecule has 2 aromatic heterocycles. The molecule has 2 aromatic carbocycles. The van der Waals surface area contributed by atoms with E-state index >= 15 is 0 Å². The standard InChI is InChI=1S/C29H31F2N3O2/c1-5-6-20(14-32-13-19-7-8-25-27(10-19)36-18(4)33-25)26-11-21-17(3)15-35-29(21)28(34-26)22-9-16(2)23(30)12-24(22)31/h7-12,17,20,32H,5-6,13-15H2,1-4H3. The van der Waals surface area contributed by atoms with E-state index in [2.05, 4.69) is 36.3 Å². The van der Waals surface area contributed by atoms with E-state index in [0.29, 0.717) is 42.6 Å². The van der Waals surface area contributed by atoms with E-state index in [1.807, 2.05) is 19.1 Å². The van der Waals surface area contributed by atoms with E-state index in [-0.39, 0.29) is 17.4 Å². The van der Waals surface area contributed by atoms with E-state index < -0.39 is 11.6 Å². The monoisotopic (exact) mass is 491 g/mol. The Kier molecular flexibility index (Phi) is 6.75. The van der Waals surface area contributed by atoms with Gasteiger partial charge in [0, 0.05) is 54.7 Å². The van der Waals surface area contributed by atoms with Gasteiger partial charge in [-0.2, -0.15) is 0 Å². The van der Waals surface area contributed by atoms with Crippen LogP contribution in [0.15, 0.2) is 40.8 Å². The first kappa shape index (κ1) is 24.4. The summed E-state index contributed by atoms with van der Waals surface area (Å²) in [5.41, 5.74) is 5.80. The Labute approximate surface area is 209 Å². The molecule has 2 atom stereocenters. The largest absolute Gasteiger partial charge is 0.490 e. The first-order chi connectivity index (χ1) is 17.3. The van der Waals surface area contributed by atoms with E-state index in [9.17, 15) is 8.78 Å². The molecule has 1 N–H and O–H groups in total. The van der Waals surface area contributed by atoms with Gasteiger partial charge in [0.1, 0.15) is 28.6 Å². The minimum absolute atomic E-state index is 0.132. The zero-order chi connectivity index (χ0) is 25.4. The molecule has 0 amide bonds. The van der Waals surface area contributed by atoms with Crippen molar-refractivity contribution in [3.05, 3.63) is 76.3 Å². The molecule has 0 saturated carbocycles.